The van der Waals surface area contributed by atoms with Gasteiger partial charge < -0.3 is 29.6 Å². The molecule has 2 N–H and O–H groups in total. The van der Waals surface area contributed by atoms with E-state index >= 15 is 0 Å². The molecule has 2 aromatic rings. The molecule has 0 saturated heterocycles. The number of benzene rings is 2. The highest BCUT2D eigenvalue weighted by atomic mass is 16.5. The number of urea groups is 1. The SMILES string of the molecule is CCOC(=O)C1=C(COC(=O)/C=C/c2cccc(OC)c2)NC(=O)NC1c1ccc(OC)cc1. The molecule has 1 aliphatic heterocycles. The lowest BCUT2D eigenvalue weighted by atomic mass is 9.95. The topological polar surface area (TPSA) is 112 Å². The molecule has 1 aliphatic rings. The molecule has 9 nitrogen and oxygen atoms in total. The molecular weight excluding hydrogens is 440 g/mol. The first-order valence-electron chi connectivity index (χ1n) is 10.6. The lowest BCUT2D eigenvalue weighted by Crippen LogP contribution is -2.47. The van der Waals surface area contributed by atoms with Crippen molar-refractivity contribution in [2.24, 2.45) is 0 Å². The van der Waals surface area contributed by atoms with Gasteiger partial charge in [-0.25, -0.2) is 14.4 Å². The Bertz CT molecular complexity index is 1110. The Hall–Kier alpha value is -4.27. The molecule has 9 heteroatoms. The number of methoxy groups -OCH3 is 2. The monoisotopic (exact) mass is 466 g/mol. The number of amides is 2. The number of rotatable bonds is 9. The summed E-state index contributed by atoms with van der Waals surface area (Å²) in [6.45, 7) is 1.50. The smallest absolute Gasteiger partial charge is 0.338 e. The van der Waals surface area contributed by atoms with Crippen molar-refractivity contribution in [3.8, 4) is 11.5 Å². The summed E-state index contributed by atoms with van der Waals surface area (Å²) in [6, 6.07) is 12.7. The van der Waals surface area contributed by atoms with Crippen molar-refractivity contribution in [1.82, 2.24) is 10.6 Å². The van der Waals surface area contributed by atoms with Gasteiger partial charge in [0.15, 0.2) is 0 Å². The quantitative estimate of drug-likeness (QED) is 0.431. The first-order valence-corrected chi connectivity index (χ1v) is 10.6. The highest BCUT2D eigenvalue weighted by Gasteiger charge is 2.34. The van der Waals surface area contributed by atoms with E-state index in [9.17, 15) is 14.4 Å². The standard InChI is InChI=1S/C25H26N2O7/c1-4-33-24(29)22-20(15-34-21(28)13-8-16-6-5-7-19(14-16)32-3)26-25(30)27-23(22)17-9-11-18(31-2)12-10-17/h5-14,23H,4,15H2,1-3H3,(H2,26,27,30)/b13-8+. The van der Waals surface area contributed by atoms with E-state index in [1.165, 1.54) is 6.08 Å². The number of nitrogens with one attached hydrogen (secondary N) is 2. The summed E-state index contributed by atoms with van der Waals surface area (Å²) in [5.41, 5.74) is 1.68. The number of carbonyl (C=O) groups is 3. The van der Waals surface area contributed by atoms with E-state index in [0.29, 0.717) is 17.1 Å². The zero-order chi connectivity index (χ0) is 24.5. The average molecular weight is 466 g/mol. The number of hydrogen-bond donors (Lipinski definition) is 2. The predicted molar refractivity (Wildman–Crippen MR) is 124 cm³/mol. The van der Waals surface area contributed by atoms with Gasteiger partial charge in [0.25, 0.3) is 0 Å². The van der Waals surface area contributed by atoms with Gasteiger partial charge in [0.1, 0.15) is 18.1 Å². The Morgan fingerprint density at radius 1 is 1.00 bits per heavy atom. The summed E-state index contributed by atoms with van der Waals surface area (Å²) >= 11 is 0. The van der Waals surface area contributed by atoms with Gasteiger partial charge in [0.05, 0.1) is 38.1 Å². The van der Waals surface area contributed by atoms with Crippen LogP contribution in [-0.4, -0.2) is 45.4 Å². The van der Waals surface area contributed by atoms with Crippen LogP contribution in [0.2, 0.25) is 0 Å². The Balaban J connectivity index is 1.82. The molecule has 2 amide bonds. The van der Waals surface area contributed by atoms with Gasteiger partial charge in [-0.05, 0) is 48.4 Å². The van der Waals surface area contributed by atoms with Crippen LogP contribution in [0.4, 0.5) is 4.79 Å². The van der Waals surface area contributed by atoms with Crippen LogP contribution in [0.3, 0.4) is 0 Å². The van der Waals surface area contributed by atoms with Gasteiger partial charge in [-0.1, -0.05) is 24.3 Å². The Kier molecular flexibility index (Phi) is 8.28. The molecular formula is C25H26N2O7. The Morgan fingerprint density at radius 3 is 2.41 bits per heavy atom. The van der Waals surface area contributed by atoms with Gasteiger partial charge in [0.2, 0.25) is 0 Å². The van der Waals surface area contributed by atoms with Crippen LogP contribution in [-0.2, 0) is 19.1 Å². The fraction of sp³-hybridized carbons (Fsp3) is 0.240. The summed E-state index contributed by atoms with van der Waals surface area (Å²) < 4.78 is 20.8. The van der Waals surface area contributed by atoms with E-state index in [0.717, 1.165) is 5.56 Å². The van der Waals surface area contributed by atoms with E-state index in [-0.39, 0.29) is 24.5 Å². The Morgan fingerprint density at radius 2 is 1.74 bits per heavy atom. The summed E-state index contributed by atoms with van der Waals surface area (Å²) in [5.74, 6) is 0.00509. The zero-order valence-corrected chi connectivity index (χ0v) is 19.1. The molecule has 0 spiro atoms. The van der Waals surface area contributed by atoms with Gasteiger partial charge in [-0.2, -0.15) is 0 Å². The highest BCUT2D eigenvalue weighted by Crippen LogP contribution is 2.29. The molecule has 2 aromatic carbocycles. The lowest BCUT2D eigenvalue weighted by Gasteiger charge is -2.29. The van der Waals surface area contributed by atoms with Crippen molar-refractivity contribution < 1.29 is 33.3 Å². The minimum absolute atomic E-state index is 0.141. The van der Waals surface area contributed by atoms with Crippen LogP contribution in [0.25, 0.3) is 6.08 Å². The highest BCUT2D eigenvalue weighted by molar-refractivity contribution is 5.95. The second-order valence-electron chi connectivity index (χ2n) is 7.13. The summed E-state index contributed by atoms with van der Waals surface area (Å²) in [7, 11) is 3.10. The predicted octanol–water partition coefficient (Wildman–Crippen LogP) is 3.13. The molecule has 1 heterocycles. The van der Waals surface area contributed by atoms with E-state index in [4.69, 9.17) is 18.9 Å². The van der Waals surface area contributed by atoms with Crippen LogP contribution in [0.5, 0.6) is 11.5 Å². The molecule has 0 bridgehead atoms. The third-order valence-electron chi connectivity index (χ3n) is 4.96. The van der Waals surface area contributed by atoms with Crippen LogP contribution in [0, 0.1) is 0 Å². The summed E-state index contributed by atoms with van der Waals surface area (Å²) in [5, 5.41) is 5.28. The summed E-state index contributed by atoms with van der Waals surface area (Å²) in [6.07, 6.45) is 2.83. The number of esters is 2. The van der Waals surface area contributed by atoms with Crippen molar-refractivity contribution >= 4 is 24.0 Å². The molecule has 178 valence electrons. The van der Waals surface area contributed by atoms with Crippen molar-refractivity contribution in [2.75, 3.05) is 27.4 Å². The van der Waals surface area contributed by atoms with Crippen molar-refractivity contribution in [2.45, 2.75) is 13.0 Å². The van der Waals surface area contributed by atoms with Crippen LogP contribution in [0.15, 0.2) is 65.9 Å². The number of ether oxygens (including phenoxy) is 4. The third kappa shape index (κ3) is 6.16. The van der Waals surface area contributed by atoms with E-state index < -0.39 is 24.0 Å². The fourth-order valence-electron chi connectivity index (χ4n) is 3.33. The normalized spacial score (nSPS) is 15.4. The maximum Gasteiger partial charge on any atom is 0.338 e. The molecule has 0 aromatic heterocycles. The second-order valence-corrected chi connectivity index (χ2v) is 7.13. The molecule has 34 heavy (non-hydrogen) atoms. The fourth-order valence-corrected chi connectivity index (χ4v) is 3.33. The molecule has 1 atom stereocenters. The van der Waals surface area contributed by atoms with E-state index in [1.807, 2.05) is 0 Å². The third-order valence-corrected chi connectivity index (χ3v) is 4.96. The summed E-state index contributed by atoms with van der Waals surface area (Å²) in [4.78, 5) is 37.4. The maximum atomic E-state index is 12.8. The minimum atomic E-state index is -0.792. The minimum Gasteiger partial charge on any atom is -0.497 e. The number of carbonyl (C=O) groups excluding carboxylic acids is 3. The lowest BCUT2D eigenvalue weighted by molar-refractivity contribution is -0.140. The van der Waals surface area contributed by atoms with Gasteiger partial charge in [-0.3, -0.25) is 0 Å². The number of hydrogen-bond acceptors (Lipinski definition) is 7. The first kappa shape index (κ1) is 24.4. The maximum absolute atomic E-state index is 12.8. The first-order chi connectivity index (χ1) is 16.4. The molecule has 0 radical (unpaired) electrons. The van der Waals surface area contributed by atoms with E-state index in [2.05, 4.69) is 10.6 Å². The van der Waals surface area contributed by atoms with Gasteiger partial charge in [-0.15, -0.1) is 0 Å². The second kappa shape index (κ2) is 11.6. The van der Waals surface area contributed by atoms with Crippen LogP contribution >= 0.6 is 0 Å². The zero-order valence-electron chi connectivity index (χ0n) is 19.1. The molecule has 0 aliphatic carbocycles. The van der Waals surface area contributed by atoms with Gasteiger partial charge in [0, 0.05) is 6.08 Å². The molecule has 0 saturated carbocycles. The Labute approximate surface area is 197 Å². The van der Waals surface area contributed by atoms with Crippen molar-refractivity contribution in [3.63, 3.8) is 0 Å². The van der Waals surface area contributed by atoms with Crippen LogP contribution in [0.1, 0.15) is 24.1 Å². The van der Waals surface area contributed by atoms with E-state index in [1.54, 1.807) is 75.8 Å². The molecule has 1 unspecified atom stereocenters. The van der Waals surface area contributed by atoms with Crippen molar-refractivity contribution in [3.05, 3.63) is 77.0 Å². The average Bonchev–Trinajstić information content (AvgIpc) is 2.86. The molecule has 0 fully saturated rings. The molecule has 3 rings (SSSR count). The largest absolute Gasteiger partial charge is 0.497 e. The van der Waals surface area contributed by atoms with Crippen LogP contribution < -0.4 is 20.1 Å². The van der Waals surface area contributed by atoms with Gasteiger partial charge >= 0.3 is 18.0 Å². The van der Waals surface area contributed by atoms with Crippen molar-refractivity contribution in [1.29, 1.82) is 0 Å².